The highest BCUT2D eigenvalue weighted by Gasteiger charge is 1.98. The summed E-state index contributed by atoms with van der Waals surface area (Å²) < 4.78 is 0. The second-order valence-electron chi connectivity index (χ2n) is 2.03. The predicted octanol–water partition coefficient (Wildman–Crippen LogP) is 1.07. The molecule has 9 heavy (non-hydrogen) atoms. The summed E-state index contributed by atoms with van der Waals surface area (Å²) >= 11 is 1.56. The smallest absolute Gasteiger partial charge is 0.0794 e. The third-order valence-electron chi connectivity index (χ3n) is 0.988. The number of aliphatic hydroxyl groups excluding tert-OH is 1. The van der Waals surface area contributed by atoms with Crippen LogP contribution >= 0.6 is 11.3 Å². The van der Waals surface area contributed by atoms with Crippen molar-refractivity contribution in [3.05, 3.63) is 16.6 Å². The molecule has 0 aromatic carbocycles. The molecule has 1 rings (SSSR count). The van der Waals surface area contributed by atoms with E-state index >= 15 is 0 Å². The molecular weight excluding hydrogens is 134 g/mol. The Morgan fingerprint density at radius 3 is 3.11 bits per heavy atom. The first-order valence-electron chi connectivity index (χ1n) is 2.84. The second kappa shape index (κ2) is 2.94. The van der Waals surface area contributed by atoms with Crippen LogP contribution in [0.3, 0.4) is 0 Å². The zero-order valence-electron chi connectivity index (χ0n) is 5.24. The van der Waals surface area contributed by atoms with Gasteiger partial charge in [0.2, 0.25) is 0 Å². The lowest BCUT2D eigenvalue weighted by molar-refractivity contribution is 0.194. The Kier molecular flexibility index (Phi) is 2.19. The molecule has 0 aliphatic heterocycles. The summed E-state index contributed by atoms with van der Waals surface area (Å²) in [6, 6.07) is 0. The first kappa shape index (κ1) is 6.71. The molecule has 0 amide bonds. The molecule has 2 nitrogen and oxygen atoms in total. The summed E-state index contributed by atoms with van der Waals surface area (Å²) in [4.78, 5) is 4.01. The highest BCUT2D eigenvalue weighted by Crippen LogP contribution is 2.03. The average Bonchev–Trinajstić information content (AvgIpc) is 2.15. The molecule has 1 aromatic heterocycles. The van der Waals surface area contributed by atoms with Gasteiger partial charge in [0.1, 0.15) is 0 Å². The Hall–Kier alpha value is -0.410. The molecule has 1 unspecified atom stereocenters. The third kappa shape index (κ3) is 2.11. The summed E-state index contributed by atoms with van der Waals surface area (Å²) in [7, 11) is 0. The van der Waals surface area contributed by atoms with E-state index in [4.69, 9.17) is 5.11 Å². The minimum atomic E-state index is -0.271. The SMILES string of the molecule is CC(O)Cc1cscn1. The summed E-state index contributed by atoms with van der Waals surface area (Å²) in [5, 5.41) is 10.8. The van der Waals surface area contributed by atoms with Gasteiger partial charge in [-0.1, -0.05) is 0 Å². The Morgan fingerprint density at radius 1 is 1.89 bits per heavy atom. The van der Waals surface area contributed by atoms with Gasteiger partial charge in [-0.2, -0.15) is 0 Å². The number of aliphatic hydroxyl groups is 1. The molecule has 0 aliphatic carbocycles. The fraction of sp³-hybridized carbons (Fsp3) is 0.500. The van der Waals surface area contributed by atoms with E-state index in [0.29, 0.717) is 6.42 Å². The lowest BCUT2D eigenvalue weighted by Gasteiger charge is -1.97. The normalized spacial score (nSPS) is 13.6. The van der Waals surface area contributed by atoms with E-state index in [0.717, 1.165) is 5.69 Å². The van der Waals surface area contributed by atoms with E-state index < -0.39 is 0 Å². The lowest BCUT2D eigenvalue weighted by atomic mass is 10.2. The molecule has 0 spiro atoms. The van der Waals surface area contributed by atoms with E-state index in [1.165, 1.54) is 0 Å². The molecule has 1 N–H and O–H groups in total. The standard InChI is InChI=1S/C6H9NOS/c1-5(8)2-6-3-9-4-7-6/h3-5,8H,2H2,1H3. The van der Waals surface area contributed by atoms with E-state index in [9.17, 15) is 0 Å². The van der Waals surface area contributed by atoms with Crippen molar-refractivity contribution in [2.45, 2.75) is 19.4 Å². The molecule has 0 saturated carbocycles. The maximum Gasteiger partial charge on any atom is 0.0794 e. The first-order chi connectivity index (χ1) is 4.29. The predicted molar refractivity (Wildman–Crippen MR) is 37.5 cm³/mol. The highest BCUT2D eigenvalue weighted by molar-refractivity contribution is 7.07. The number of thiazole rings is 1. The Balaban J connectivity index is 2.48. The van der Waals surface area contributed by atoms with Gasteiger partial charge in [-0.15, -0.1) is 11.3 Å². The molecule has 1 heterocycles. The van der Waals surface area contributed by atoms with E-state index in [2.05, 4.69) is 4.98 Å². The summed E-state index contributed by atoms with van der Waals surface area (Å²) in [6.45, 7) is 1.76. The minimum Gasteiger partial charge on any atom is -0.393 e. The van der Waals surface area contributed by atoms with Crippen LogP contribution in [0.4, 0.5) is 0 Å². The third-order valence-corrected chi connectivity index (χ3v) is 1.62. The van der Waals surface area contributed by atoms with Crippen molar-refractivity contribution >= 4 is 11.3 Å². The average molecular weight is 143 g/mol. The van der Waals surface area contributed by atoms with Gasteiger partial charge in [-0.3, -0.25) is 0 Å². The van der Waals surface area contributed by atoms with Gasteiger partial charge in [0.25, 0.3) is 0 Å². The summed E-state index contributed by atoms with van der Waals surface area (Å²) in [5.41, 5.74) is 2.76. The minimum absolute atomic E-state index is 0.271. The fourth-order valence-corrected chi connectivity index (χ4v) is 1.21. The fourth-order valence-electron chi connectivity index (χ4n) is 0.641. The maximum atomic E-state index is 8.89. The molecule has 1 aromatic rings. The molecule has 0 aliphatic rings. The van der Waals surface area contributed by atoms with Crippen molar-refractivity contribution in [1.82, 2.24) is 4.98 Å². The molecule has 0 radical (unpaired) electrons. The number of rotatable bonds is 2. The summed E-state index contributed by atoms with van der Waals surface area (Å²) in [5.74, 6) is 0. The van der Waals surface area contributed by atoms with Crippen molar-refractivity contribution in [2.75, 3.05) is 0 Å². The quantitative estimate of drug-likeness (QED) is 0.671. The van der Waals surface area contributed by atoms with Crippen LogP contribution in [0.25, 0.3) is 0 Å². The highest BCUT2D eigenvalue weighted by atomic mass is 32.1. The molecule has 0 bridgehead atoms. The first-order valence-corrected chi connectivity index (χ1v) is 3.78. The van der Waals surface area contributed by atoms with Crippen molar-refractivity contribution in [3.63, 3.8) is 0 Å². The molecular formula is C6H9NOS. The maximum absolute atomic E-state index is 8.89. The molecule has 0 saturated heterocycles. The van der Waals surface area contributed by atoms with Gasteiger partial charge in [-0.05, 0) is 6.92 Å². The van der Waals surface area contributed by atoms with Crippen molar-refractivity contribution in [3.8, 4) is 0 Å². The second-order valence-corrected chi connectivity index (χ2v) is 2.75. The number of hydrogen-bond acceptors (Lipinski definition) is 3. The van der Waals surface area contributed by atoms with Gasteiger partial charge in [0.15, 0.2) is 0 Å². The van der Waals surface area contributed by atoms with Gasteiger partial charge in [0.05, 0.1) is 17.3 Å². The van der Waals surface area contributed by atoms with Gasteiger partial charge < -0.3 is 5.11 Å². The Bertz CT molecular complexity index is 160. The van der Waals surface area contributed by atoms with Gasteiger partial charge in [0, 0.05) is 11.8 Å². The van der Waals surface area contributed by atoms with Crippen LogP contribution in [0.1, 0.15) is 12.6 Å². The molecule has 1 atom stereocenters. The Morgan fingerprint density at radius 2 is 2.67 bits per heavy atom. The van der Waals surface area contributed by atoms with Crippen LogP contribution in [0, 0.1) is 0 Å². The topological polar surface area (TPSA) is 33.1 Å². The zero-order chi connectivity index (χ0) is 6.69. The number of nitrogens with zero attached hydrogens (tertiary/aromatic N) is 1. The van der Waals surface area contributed by atoms with Crippen molar-refractivity contribution < 1.29 is 5.11 Å². The van der Waals surface area contributed by atoms with Crippen LogP contribution in [0.5, 0.6) is 0 Å². The molecule has 3 heteroatoms. The van der Waals surface area contributed by atoms with E-state index in [-0.39, 0.29) is 6.10 Å². The van der Waals surface area contributed by atoms with E-state index in [1.54, 1.807) is 23.8 Å². The zero-order valence-corrected chi connectivity index (χ0v) is 6.06. The van der Waals surface area contributed by atoms with Crippen molar-refractivity contribution in [2.24, 2.45) is 0 Å². The van der Waals surface area contributed by atoms with Crippen LogP contribution in [-0.2, 0) is 6.42 Å². The van der Waals surface area contributed by atoms with Crippen LogP contribution in [0.15, 0.2) is 10.9 Å². The van der Waals surface area contributed by atoms with Crippen LogP contribution in [-0.4, -0.2) is 16.2 Å². The summed E-state index contributed by atoms with van der Waals surface area (Å²) in [6.07, 6.45) is 0.399. The van der Waals surface area contributed by atoms with Gasteiger partial charge >= 0.3 is 0 Å². The number of aromatic nitrogens is 1. The van der Waals surface area contributed by atoms with E-state index in [1.807, 2.05) is 5.38 Å². The largest absolute Gasteiger partial charge is 0.393 e. The number of hydrogen-bond donors (Lipinski definition) is 1. The lowest BCUT2D eigenvalue weighted by Crippen LogP contribution is -2.03. The van der Waals surface area contributed by atoms with Crippen LogP contribution < -0.4 is 0 Å². The molecule has 50 valence electrons. The van der Waals surface area contributed by atoms with Crippen LogP contribution in [0.2, 0.25) is 0 Å². The monoisotopic (exact) mass is 143 g/mol. The molecule has 0 fully saturated rings. The van der Waals surface area contributed by atoms with Crippen molar-refractivity contribution in [1.29, 1.82) is 0 Å². The van der Waals surface area contributed by atoms with Gasteiger partial charge in [-0.25, -0.2) is 4.98 Å². The Labute approximate surface area is 58.2 Å².